The Bertz CT molecular complexity index is 781. The van der Waals surface area contributed by atoms with Crippen molar-refractivity contribution in [3.8, 4) is 5.69 Å². The summed E-state index contributed by atoms with van der Waals surface area (Å²) in [5.41, 5.74) is 6.79. The van der Waals surface area contributed by atoms with E-state index in [0.717, 1.165) is 43.5 Å². The van der Waals surface area contributed by atoms with Crippen LogP contribution < -0.4 is 11.3 Å². The van der Waals surface area contributed by atoms with Gasteiger partial charge in [0, 0.05) is 12.0 Å². The van der Waals surface area contributed by atoms with E-state index in [0.29, 0.717) is 23.4 Å². The summed E-state index contributed by atoms with van der Waals surface area (Å²) >= 11 is 0. The summed E-state index contributed by atoms with van der Waals surface area (Å²) in [6, 6.07) is 8.89. The summed E-state index contributed by atoms with van der Waals surface area (Å²) in [5, 5.41) is 4.50. The number of esters is 1. The molecule has 1 heterocycles. The number of nitrogens with zero attached hydrogens (tertiary/aromatic N) is 2. The van der Waals surface area contributed by atoms with Crippen molar-refractivity contribution in [1.82, 2.24) is 15.2 Å². The fourth-order valence-corrected chi connectivity index (χ4v) is 3.93. The molecule has 0 unspecified atom stereocenters. The molecule has 4 rings (SSSR count). The average Bonchev–Trinajstić information content (AvgIpc) is 3.21. The average molecular weight is 340 g/mol. The highest BCUT2D eigenvalue weighted by Crippen LogP contribution is 2.43. The number of hydrogen-bond donors (Lipinski definition) is 2. The third-order valence-corrected chi connectivity index (χ3v) is 5.43. The predicted molar refractivity (Wildman–Crippen MR) is 94.6 cm³/mol. The van der Waals surface area contributed by atoms with E-state index in [1.165, 1.54) is 12.7 Å². The van der Waals surface area contributed by atoms with Crippen LogP contribution in [0.3, 0.4) is 0 Å². The molecule has 6 heteroatoms. The number of carbonyl (C=O) groups is 1. The first-order valence-electron chi connectivity index (χ1n) is 8.94. The Morgan fingerprint density at radius 3 is 2.76 bits per heavy atom. The predicted octanol–water partition coefficient (Wildman–Crippen LogP) is 2.64. The largest absolute Gasteiger partial charge is 0.465 e. The van der Waals surface area contributed by atoms with Gasteiger partial charge >= 0.3 is 5.97 Å². The Balaban J connectivity index is 1.68. The molecule has 2 aromatic rings. The quantitative estimate of drug-likeness (QED) is 0.497. The summed E-state index contributed by atoms with van der Waals surface area (Å²) in [4.78, 5) is 12.1. The molecule has 6 nitrogen and oxygen atoms in total. The fourth-order valence-electron chi connectivity index (χ4n) is 3.93. The zero-order valence-corrected chi connectivity index (χ0v) is 14.4. The number of rotatable bonds is 5. The Hall–Kier alpha value is -2.18. The van der Waals surface area contributed by atoms with Gasteiger partial charge in [-0.25, -0.2) is 9.48 Å². The smallest absolute Gasteiger partial charge is 0.341 e. The molecule has 1 aromatic heterocycles. The van der Waals surface area contributed by atoms with Gasteiger partial charge in [0.15, 0.2) is 0 Å². The lowest BCUT2D eigenvalue weighted by molar-refractivity contribution is 0.0599. The van der Waals surface area contributed by atoms with Gasteiger partial charge in [0.05, 0.1) is 24.7 Å². The van der Waals surface area contributed by atoms with Gasteiger partial charge < -0.3 is 4.74 Å². The van der Waals surface area contributed by atoms with E-state index in [2.05, 4.69) is 34.8 Å². The summed E-state index contributed by atoms with van der Waals surface area (Å²) < 4.78 is 6.84. The van der Waals surface area contributed by atoms with Gasteiger partial charge in [-0.05, 0) is 55.7 Å². The number of aromatic nitrogens is 2. The van der Waals surface area contributed by atoms with E-state index in [9.17, 15) is 4.79 Å². The second-order valence-corrected chi connectivity index (χ2v) is 7.09. The van der Waals surface area contributed by atoms with Crippen LogP contribution in [0.4, 0.5) is 0 Å². The van der Waals surface area contributed by atoms with Gasteiger partial charge in [-0.2, -0.15) is 5.10 Å². The third-order valence-electron chi connectivity index (χ3n) is 5.43. The van der Waals surface area contributed by atoms with Crippen molar-refractivity contribution in [2.75, 3.05) is 7.11 Å². The lowest BCUT2D eigenvalue weighted by Crippen LogP contribution is -2.32. The molecule has 0 bridgehead atoms. The molecule has 132 valence electrons. The second-order valence-electron chi connectivity index (χ2n) is 7.09. The topological polar surface area (TPSA) is 82.2 Å². The first kappa shape index (κ1) is 16.3. The van der Waals surface area contributed by atoms with E-state index in [1.807, 2.05) is 4.68 Å². The summed E-state index contributed by atoms with van der Waals surface area (Å²) in [5.74, 6) is 6.20. The molecule has 0 radical (unpaired) electrons. The maximum atomic E-state index is 12.1. The molecule has 0 aliphatic heterocycles. The molecule has 0 spiro atoms. The molecule has 2 aliphatic carbocycles. The van der Waals surface area contributed by atoms with Crippen LogP contribution in [0.1, 0.15) is 65.6 Å². The highest BCUT2D eigenvalue weighted by atomic mass is 16.5. The number of carbonyl (C=O) groups excluding carboxylic acids is 1. The molecule has 2 aliphatic rings. The highest BCUT2D eigenvalue weighted by Gasteiger charge is 2.33. The molecule has 0 saturated heterocycles. The van der Waals surface area contributed by atoms with Crippen LogP contribution in [0.25, 0.3) is 5.69 Å². The Morgan fingerprint density at radius 1 is 1.28 bits per heavy atom. The van der Waals surface area contributed by atoms with Crippen LogP contribution in [-0.4, -0.2) is 28.9 Å². The molecule has 2 fully saturated rings. The van der Waals surface area contributed by atoms with Crippen molar-refractivity contribution in [1.29, 1.82) is 0 Å². The molecular weight excluding hydrogens is 316 g/mol. The lowest BCUT2D eigenvalue weighted by Gasteiger charge is -2.14. The van der Waals surface area contributed by atoms with Crippen molar-refractivity contribution in [2.24, 2.45) is 5.84 Å². The maximum Gasteiger partial charge on any atom is 0.341 e. The first-order chi connectivity index (χ1) is 12.2. The minimum absolute atomic E-state index is 0.308. The number of nitrogens with one attached hydrogen (secondary N) is 1. The first-order valence-corrected chi connectivity index (χ1v) is 8.94. The molecule has 2 atom stereocenters. The van der Waals surface area contributed by atoms with Crippen LogP contribution in [0.2, 0.25) is 0 Å². The molecule has 2 saturated carbocycles. The molecule has 3 N–H and O–H groups in total. The number of nitrogens with two attached hydrogens (primary N) is 1. The zero-order valence-electron chi connectivity index (χ0n) is 14.4. The summed E-state index contributed by atoms with van der Waals surface area (Å²) in [7, 11) is 1.42. The Labute approximate surface area is 147 Å². The number of methoxy groups -OCH3 is 1. The van der Waals surface area contributed by atoms with E-state index < -0.39 is 0 Å². The van der Waals surface area contributed by atoms with E-state index in [1.54, 1.807) is 6.20 Å². The normalized spacial score (nSPS) is 23.0. The van der Waals surface area contributed by atoms with Gasteiger partial charge in [-0.1, -0.05) is 12.1 Å². The van der Waals surface area contributed by atoms with Crippen LogP contribution in [-0.2, 0) is 4.74 Å². The summed E-state index contributed by atoms with van der Waals surface area (Å²) in [6.07, 6.45) is 7.13. The van der Waals surface area contributed by atoms with Crippen LogP contribution in [0.15, 0.2) is 30.5 Å². The number of benzene rings is 1. The SMILES string of the molecule is COC(=O)c1cnn(-c2cccc([C@H]3CC[C@H](NN)C3)c2)c1C1CC1. The van der Waals surface area contributed by atoms with E-state index in [4.69, 9.17) is 10.6 Å². The molecule has 25 heavy (non-hydrogen) atoms. The lowest BCUT2D eigenvalue weighted by atomic mass is 9.97. The van der Waals surface area contributed by atoms with Crippen LogP contribution in [0, 0.1) is 0 Å². The van der Waals surface area contributed by atoms with Crippen molar-refractivity contribution in [3.63, 3.8) is 0 Å². The fraction of sp³-hybridized carbons (Fsp3) is 0.474. The number of hydrazine groups is 1. The van der Waals surface area contributed by atoms with Gasteiger partial charge in [-0.15, -0.1) is 0 Å². The summed E-state index contributed by atoms with van der Waals surface area (Å²) in [6.45, 7) is 0. The maximum absolute atomic E-state index is 12.1. The van der Waals surface area contributed by atoms with Gasteiger partial charge in [0.25, 0.3) is 0 Å². The van der Waals surface area contributed by atoms with E-state index in [-0.39, 0.29) is 5.97 Å². The van der Waals surface area contributed by atoms with Gasteiger partial charge in [0.2, 0.25) is 0 Å². The monoisotopic (exact) mass is 340 g/mol. The molecular formula is C19H24N4O2. The van der Waals surface area contributed by atoms with Crippen molar-refractivity contribution in [2.45, 2.75) is 50.0 Å². The number of hydrogen-bond acceptors (Lipinski definition) is 5. The van der Waals surface area contributed by atoms with Crippen molar-refractivity contribution < 1.29 is 9.53 Å². The standard InChI is InChI=1S/C19H24N4O2/c1-25-19(24)17-11-21-23(18(17)12-5-6-12)16-4-2-3-13(10-16)14-7-8-15(9-14)22-20/h2-4,10-12,14-15,22H,5-9,20H2,1H3/t14-,15-/m0/s1. The van der Waals surface area contributed by atoms with Crippen molar-refractivity contribution >= 4 is 5.97 Å². The minimum atomic E-state index is -0.308. The highest BCUT2D eigenvalue weighted by molar-refractivity contribution is 5.90. The second kappa shape index (κ2) is 6.61. The van der Waals surface area contributed by atoms with E-state index >= 15 is 0 Å². The number of ether oxygens (including phenoxy) is 1. The van der Waals surface area contributed by atoms with Crippen LogP contribution in [0.5, 0.6) is 0 Å². The Morgan fingerprint density at radius 2 is 2.08 bits per heavy atom. The zero-order chi connectivity index (χ0) is 17.4. The van der Waals surface area contributed by atoms with Gasteiger partial charge in [-0.3, -0.25) is 11.3 Å². The van der Waals surface area contributed by atoms with Crippen molar-refractivity contribution in [3.05, 3.63) is 47.3 Å². The van der Waals surface area contributed by atoms with Crippen LogP contribution >= 0.6 is 0 Å². The minimum Gasteiger partial charge on any atom is -0.465 e. The molecule has 1 aromatic carbocycles. The van der Waals surface area contributed by atoms with Gasteiger partial charge in [0.1, 0.15) is 5.56 Å². The Kier molecular flexibility index (Phi) is 4.31. The molecule has 0 amide bonds. The third kappa shape index (κ3) is 3.07.